The molecule has 5 unspecified atom stereocenters. The second-order valence-electron chi connectivity index (χ2n) is 12.9. The van der Waals surface area contributed by atoms with Gasteiger partial charge in [0.05, 0.1) is 23.3 Å². The molecule has 2 saturated carbocycles. The van der Waals surface area contributed by atoms with Crippen molar-refractivity contribution < 1.29 is 9.90 Å². The molecule has 8 heteroatoms. The van der Waals surface area contributed by atoms with E-state index in [1.807, 2.05) is 25.3 Å². The molecule has 2 aliphatic carbocycles. The third-order valence-electron chi connectivity index (χ3n) is 10.5. The van der Waals surface area contributed by atoms with Crippen molar-refractivity contribution in [2.45, 2.75) is 84.0 Å². The molecule has 6 rings (SSSR count). The van der Waals surface area contributed by atoms with Gasteiger partial charge in [-0.2, -0.15) is 0 Å². The summed E-state index contributed by atoms with van der Waals surface area (Å²) in [5.41, 5.74) is 12.2. The van der Waals surface area contributed by atoms with Crippen LogP contribution in [0, 0.1) is 25.2 Å². The summed E-state index contributed by atoms with van der Waals surface area (Å²) in [6.45, 7) is 9.25. The summed E-state index contributed by atoms with van der Waals surface area (Å²) < 4.78 is 2.26. The molecule has 1 saturated heterocycles. The zero-order chi connectivity index (χ0) is 28.6. The van der Waals surface area contributed by atoms with E-state index >= 15 is 0 Å². The van der Waals surface area contributed by atoms with E-state index in [1.54, 1.807) is 20.9 Å². The lowest BCUT2D eigenvalue weighted by atomic mass is 9.69. The Bertz CT molecular complexity index is 1480. The lowest BCUT2D eigenvalue weighted by Gasteiger charge is -2.35. The highest BCUT2D eigenvalue weighted by Crippen LogP contribution is 2.67. The molecule has 1 spiro atoms. The van der Waals surface area contributed by atoms with Gasteiger partial charge in [-0.3, -0.25) is 9.69 Å². The van der Waals surface area contributed by atoms with Gasteiger partial charge in [0.1, 0.15) is 5.82 Å². The standard InChI is InChI=1S/C32H42N6O2/c1-19-6-7-21(28(31(3,4)30(39)40)24-9-10-25(36(5)34)29(33)20(24)2)16-22(19)17-37-15-14-35-27(37)18-38-26-11-8-23-12-13-32(23,26)38/h6-7,9-10,14-16,23,26,28H,8,11-13,17-18,33-34H2,1-5H3,(H,39,40). The zero-order valence-electron chi connectivity index (χ0n) is 24.3. The first-order valence-corrected chi connectivity index (χ1v) is 14.4. The number of hydrogen-bond acceptors (Lipinski definition) is 6. The molecular weight excluding hydrogens is 500 g/mol. The topological polar surface area (TPSA) is 113 Å². The number of hydrogen-bond donors (Lipinski definition) is 3. The zero-order valence-corrected chi connectivity index (χ0v) is 24.3. The third kappa shape index (κ3) is 3.95. The van der Waals surface area contributed by atoms with Crippen LogP contribution in [-0.4, -0.2) is 44.2 Å². The molecular formula is C32H42N6O2. The molecule has 5 atom stereocenters. The van der Waals surface area contributed by atoms with Crippen LogP contribution in [0.3, 0.4) is 0 Å². The van der Waals surface area contributed by atoms with Crippen molar-refractivity contribution in [2.75, 3.05) is 17.8 Å². The van der Waals surface area contributed by atoms with Gasteiger partial charge in [-0.15, -0.1) is 0 Å². The number of nitrogens with two attached hydrogens (primary N) is 2. The van der Waals surface area contributed by atoms with Gasteiger partial charge in [0.2, 0.25) is 0 Å². The van der Waals surface area contributed by atoms with Crippen molar-refractivity contribution in [3.63, 3.8) is 0 Å². The van der Waals surface area contributed by atoms with Gasteiger partial charge in [0.25, 0.3) is 0 Å². The fourth-order valence-corrected chi connectivity index (χ4v) is 7.83. The van der Waals surface area contributed by atoms with Crippen LogP contribution in [0.2, 0.25) is 0 Å². The van der Waals surface area contributed by atoms with Gasteiger partial charge in [-0.1, -0.05) is 24.3 Å². The van der Waals surface area contributed by atoms with Gasteiger partial charge in [-0.05, 0) is 93.2 Å². The van der Waals surface area contributed by atoms with Crippen LogP contribution in [0.5, 0.6) is 0 Å². The number of hydrazine groups is 1. The summed E-state index contributed by atoms with van der Waals surface area (Å²) in [5, 5.41) is 11.8. The largest absolute Gasteiger partial charge is 0.481 e. The summed E-state index contributed by atoms with van der Waals surface area (Å²) in [6.07, 6.45) is 9.44. The van der Waals surface area contributed by atoms with Gasteiger partial charge >= 0.3 is 5.97 Å². The molecule has 8 nitrogen and oxygen atoms in total. The molecule has 1 aliphatic heterocycles. The van der Waals surface area contributed by atoms with Crippen LogP contribution < -0.4 is 16.6 Å². The minimum Gasteiger partial charge on any atom is -0.481 e. The fourth-order valence-electron chi connectivity index (χ4n) is 7.83. The van der Waals surface area contributed by atoms with E-state index in [9.17, 15) is 9.90 Å². The predicted molar refractivity (Wildman–Crippen MR) is 158 cm³/mol. The van der Waals surface area contributed by atoms with Crippen LogP contribution >= 0.6 is 0 Å². The fraction of sp³-hybridized carbons (Fsp3) is 0.500. The number of anilines is 2. The minimum absolute atomic E-state index is 0.405. The molecule has 1 aromatic heterocycles. The second kappa shape index (κ2) is 9.35. The number of piperidine rings is 1. The Labute approximate surface area is 236 Å². The van der Waals surface area contributed by atoms with E-state index in [0.717, 1.165) is 46.6 Å². The molecule has 3 aliphatic rings. The number of nitrogen functional groups attached to an aromatic ring is 1. The van der Waals surface area contributed by atoms with Crippen molar-refractivity contribution in [1.29, 1.82) is 0 Å². The van der Waals surface area contributed by atoms with E-state index in [1.165, 1.54) is 36.3 Å². The highest BCUT2D eigenvalue weighted by molar-refractivity contribution is 5.78. The molecule has 40 heavy (non-hydrogen) atoms. The van der Waals surface area contributed by atoms with E-state index in [2.05, 4.69) is 40.8 Å². The summed E-state index contributed by atoms with van der Waals surface area (Å²) >= 11 is 0. The normalized spacial score (nSPS) is 25.6. The van der Waals surface area contributed by atoms with Crippen molar-refractivity contribution in [2.24, 2.45) is 17.2 Å². The summed E-state index contributed by atoms with van der Waals surface area (Å²) in [7, 11) is 1.75. The number of aryl methyl sites for hydroxylation is 1. The molecule has 212 valence electrons. The van der Waals surface area contributed by atoms with E-state index in [4.69, 9.17) is 16.6 Å². The van der Waals surface area contributed by atoms with Gasteiger partial charge in [0, 0.05) is 43.5 Å². The van der Waals surface area contributed by atoms with Crippen LogP contribution in [-0.2, 0) is 17.9 Å². The third-order valence-corrected chi connectivity index (χ3v) is 10.5. The minimum atomic E-state index is -1.07. The van der Waals surface area contributed by atoms with E-state index in [-0.39, 0.29) is 0 Å². The summed E-state index contributed by atoms with van der Waals surface area (Å²) in [6, 6.07) is 11.0. The molecule has 5 N–H and O–H groups in total. The van der Waals surface area contributed by atoms with Gasteiger partial charge < -0.3 is 20.4 Å². The summed E-state index contributed by atoms with van der Waals surface area (Å²) in [4.78, 5) is 20.0. The van der Waals surface area contributed by atoms with Crippen molar-refractivity contribution in [3.8, 4) is 0 Å². The predicted octanol–water partition coefficient (Wildman–Crippen LogP) is 4.81. The van der Waals surface area contributed by atoms with Gasteiger partial charge in [-0.25, -0.2) is 10.8 Å². The molecule has 0 amide bonds. The van der Waals surface area contributed by atoms with Crippen LogP contribution in [0.1, 0.15) is 79.1 Å². The maximum atomic E-state index is 12.6. The van der Waals surface area contributed by atoms with Crippen LogP contribution in [0.15, 0.2) is 42.7 Å². The Morgan fingerprint density at radius 2 is 1.98 bits per heavy atom. The number of aliphatic carboxylic acids is 1. The molecule has 0 radical (unpaired) electrons. The molecule has 2 heterocycles. The molecule has 3 fully saturated rings. The van der Waals surface area contributed by atoms with Gasteiger partial charge in [0.15, 0.2) is 0 Å². The van der Waals surface area contributed by atoms with Crippen molar-refractivity contribution >= 4 is 17.3 Å². The smallest absolute Gasteiger partial charge is 0.310 e. The van der Waals surface area contributed by atoms with E-state index < -0.39 is 17.3 Å². The van der Waals surface area contributed by atoms with E-state index in [0.29, 0.717) is 23.5 Å². The average Bonchev–Trinajstić information content (AvgIpc) is 3.18. The first kappa shape index (κ1) is 26.8. The first-order valence-electron chi connectivity index (χ1n) is 14.4. The number of benzene rings is 2. The monoisotopic (exact) mass is 542 g/mol. The average molecular weight is 543 g/mol. The Kier molecular flexibility index (Phi) is 6.27. The Hall–Kier alpha value is -3.36. The SMILES string of the molecule is Cc1ccc(C(c2ccc(N(C)N)c(N)c2C)C(C)(C)C(=O)O)cc1Cn1ccnc1CN1C2CCC3CCC321. The number of carbonyl (C=O) groups is 1. The number of carboxylic acid groups (broad SMARTS) is 1. The highest BCUT2D eigenvalue weighted by atomic mass is 16.4. The quantitative estimate of drug-likeness (QED) is 0.154. The van der Waals surface area contributed by atoms with Crippen molar-refractivity contribution in [1.82, 2.24) is 14.5 Å². The number of rotatable bonds is 9. The number of nitrogens with zero attached hydrogens (tertiary/aromatic N) is 4. The Morgan fingerprint density at radius 1 is 1.20 bits per heavy atom. The number of imidazole rings is 1. The van der Waals surface area contributed by atoms with Crippen LogP contribution in [0.4, 0.5) is 11.4 Å². The molecule has 3 aromatic rings. The second-order valence-corrected chi connectivity index (χ2v) is 12.9. The molecule has 2 aromatic carbocycles. The maximum Gasteiger partial charge on any atom is 0.310 e. The van der Waals surface area contributed by atoms with Crippen molar-refractivity contribution in [3.05, 3.63) is 76.4 Å². The Morgan fingerprint density at radius 3 is 2.62 bits per heavy atom. The number of likely N-dealkylation sites (tertiary alicyclic amines) is 1. The van der Waals surface area contributed by atoms with Crippen LogP contribution in [0.25, 0.3) is 0 Å². The Balaban J connectivity index is 1.33. The number of carboxylic acids is 1. The maximum absolute atomic E-state index is 12.6. The molecule has 0 bridgehead atoms. The lowest BCUT2D eigenvalue weighted by molar-refractivity contribution is -0.147. The lowest BCUT2D eigenvalue weighted by Crippen LogP contribution is -2.37. The first-order chi connectivity index (χ1) is 19.0. The number of aromatic nitrogens is 2. The highest BCUT2D eigenvalue weighted by Gasteiger charge is 2.73. The summed E-state index contributed by atoms with van der Waals surface area (Å²) in [5.74, 6) is 6.73.